The molecule has 2 heterocycles. The summed E-state index contributed by atoms with van der Waals surface area (Å²) in [5, 5.41) is 6.50. The lowest BCUT2D eigenvalue weighted by Crippen LogP contribution is -2.24. The summed E-state index contributed by atoms with van der Waals surface area (Å²) in [7, 11) is 0. The Bertz CT molecular complexity index is 1080. The third-order valence-corrected chi connectivity index (χ3v) is 6.94. The maximum absolute atomic E-state index is 12.7. The van der Waals surface area contributed by atoms with Gasteiger partial charge in [-0.25, -0.2) is 4.79 Å². The van der Waals surface area contributed by atoms with Crippen LogP contribution in [0.4, 0.5) is 6.01 Å². The zero-order valence-corrected chi connectivity index (χ0v) is 20.6. The first kappa shape index (κ1) is 25.0. The number of hydrogen-bond acceptors (Lipinski definition) is 6. The molecule has 1 amide bonds. The van der Waals surface area contributed by atoms with Gasteiger partial charge < -0.3 is 15.1 Å². The Hall–Kier alpha value is -2.67. The number of fused-ring (bicyclic) bond motifs is 1. The molecule has 0 bridgehead atoms. The topological polar surface area (TPSA) is 84.2 Å². The number of aryl methyl sites for hydroxylation is 2. The second-order valence-electron chi connectivity index (χ2n) is 8.44. The molecular weight excluding hydrogens is 434 g/mol. The van der Waals surface area contributed by atoms with Gasteiger partial charge in [0, 0.05) is 13.1 Å². The number of carbonyl (C=O) groups is 1. The highest BCUT2D eigenvalue weighted by Crippen LogP contribution is 2.28. The Labute approximate surface area is 199 Å². The molecule has 3 rings (SSSR count). The predicted octanol–water partition coefficient (Wildman–Crippen LogP) is 6.08. The van der Waals surface area contributed by atoms with Gasteiger partial charge in [0.2, 0.25) is 0 Å². The molecular formula is C26H35N3O3S. The summed E-state index contributed by atoms with van der Waals surface area (Å²) in [6.45, 7) is 5.31. The number of hydrogen-bond donors (Lipinski definition) is 2. The van der Waals surface area contributed by atoms with Crippen LogP contribution in [0.15, 0.2) is 39.5 Å². The van der Waals surface area contributed by atoms with E-state index in [9.17, 15) is 9.59 Å². The molecule has 2 N–H and O–H groups in total. The van der Waals surface area contributed by atoms with Gasteiger partial charge in [-0.2, -0.15) is 4.98 Å². The number of nitrogens with zero attached hydrogens (tertiary/aromatic N) is 1. The van der Waals surface area contributed by atoms with Crippen LogP contribution in [0.2, 0.25) is 0 Å². The molecule has 3 aromatic rings. The van der Waals surface area contributed by atoms with E-state index in [1.54, 1.807) is 6.92 Å². The highest BCUT2D eigenvalue weighted by atomic mass is 32.1. The Morgan fingerprint density at radius 2 is 1.73 bits per heavy atom. The van der Waals surface area contributed by atoms with Gasteiger partial charge in [-0.3, -0.25) is 4.79 Å². The number of thiophene rings is 1. The summed E-state index contributed by atoms with van der Waals surface area (Å²) >= 11 is 1.25. The zero-order valence-electron chi connectivity index (χ0n) is 19.7. The van der Waals surface area contributed by atoms with Crippen LogP contribution >= 0.6 is 11.3 Å². The van der Waals surface area contributed by atoms with Gasteiger partial charge in [-0.15, -0.1) is 11.3 Å². The molecule has 6 nitrogen and oxygen atoms in total. The van der Waals surface area contributed by atoms with E-state index in [4.69, 9.17) is 4.42 Å². The van der Waals surface area contributed by atoms with E-state index >= 15 is 0 Å². The summed E-state index contributed by atoms with van der Waals surface area (Å²) < 4.78 is 5.36. The maximum atomic E-state index is 12.7. The first-order valence-electron chi connectivity index (χ1n) is 12.1. The molecule has 0 radical (unpaired) electrons. The van der Waals surface area contributed by atoms with Gasteiger partial charge in [0.15, 0.2) is 0 Å². The number of nitrogens with one attached hydrogen (secondary N) is 2. The van der Waals surface area contributed by atoms with Gasteiger partial charge >= 0.3 is 5.63 Å². The van der Waals surface area contributed by atoms with E-state index in [-0.39, 0.29) is 11.9 Å². The molecule has 0 saturated carbocycles. The van der Waals surface area contributed by atoms with Crippen molar-refractivity contribution < 1.29 is 9.21 Å². The minimum atomic E-state index is -0.443. The fourth-order valence-corrected chi connectivity index (χ4v) is 4.93. The minimum absolute atomic E-state index is 0.156. The van der Waals surface area contributed by atoms with Crippen LogP contribution in [0.5, 0.6) is 0 Å². The number of aromatic nitrogens is 1. The highest BCUT2D eigenvalue weighted by molar-refractivity contribution is 7.20. The van der Waals surface area contributed by atoms with Crippen molar-refractivity contribution in [3.8, 4) is 0 Å². The largest absolute Gasteiger partial charge is 0.389 e. The summed E-state index contributed by atoms with van der Waals surface area (Å²) in [6.07, 6.45) is 10.1. The van der Waals surface area contributed by atoms with Crippen LogP contribution in [0.25, 0.3) is 10.2 Å². The number of benzene rings is 1. The van der Waals surface area contributed by atoms with E-state index in [1.807, 2.05) is 18.2 Å². The Morgan fingerprint density at radius 3 is 2.52 bits per heavy atom. The second-order valence-corrected chi connectivity index (χ2v) is 9.44. The van der Waals surface area contributed by atoms with Crippen LogP contribution in [-0.2, 0) is 6.42 Å². The third kappa shape index (κ3) is 7.42. The molecule has 2 aromatic heterocycles. The molecule has 0 aliphatic rings. The smallest absolute Gasteiger partial charge is 0.349 e. The summed E-state index contributed by atoms with van der Waals surface area (Å²) in [6, 6.07) is 10.6. The summed E-state index contributed by atoms with van der Waals surface area (Å²) in [4.78, 5) is 30.8. The molecule has 178 valence electrons. The van der Waals surface area contributed by atoms with Crippen molar-refractivity contribution in [1.29, 1.82) is 0 Å². The fourth-order valence-electron chi connectivity index (χ4n) is 3.85. The molecule has 0 unspecified atom stereocenters. The van der Waals surface area contributed by atoms with Crippen LogP contribution in [0.1, 0.15) is 79.1 Å². The van der Waals surface area contributed by atoms with Crippen molar-refractivity contribution in [2.45, 2.75) is 71.6 Å². The van der Waals surface area contributed by atoms with Crippen molar-refractivity contribution >= 4 is 33.5 Å². The number of anilines is 1. The molecule has 0 spiro atoms. The standard InChI is InChI=1S/C26H35N3O3S/c1-3-4-5-6-7-12-18-28-26-29-24-21(25(31)32-26)19(2)22(33-24)23(30)27-17-13-11-16-20-14-9-8-10-15-20/h8-10,14-15H,3-7,11-13,16-18H2,1-2H3,(H,27,30)(H,28,29). The lowest BCUT2D eigenvalue weighted by atomic mass is 10.1. The highest BCUT2D eigenvalue weighted by Gasteiger charge is 2.20. The molecule has 7 heteroatoms. The van der Waals surface area contributed by atoms with E-state index in [0.29, 0.717) is 33.7 Å². The van der Waals surface area contributed by atoms with Crippen LogP contribution in [0.3, 0.4) is 0 Å². The predicted molar refractivity (Wildman–Crippen MR) is 136 cm³/mol. The molecule has 0 saturated heterocycles. The van der Waals surface area contributed by atoms with Gasteiger partial charge in [-0.05, 0) is 43.7 Å². The number of rotatable bonds is 14. The fraction of sp³-hybridized carbons (Fsp3) is 0.500. The lowest BCUT2D eigenvalue weighted by Gasteiger charge is -2.05. The van der Waals surface area contributed by atoms with E-state index in [2.05, 4.69) is 34.7 Å². The van der Waals surface area contributed by atoms with Crippen LogP contribution < -0.4 is 16.3 Å². The second kappa shape index (κ2) is 13.1. The molecule has 1 aromatic carbocycles. The van der Waals surface area contributed by atoms with E-state index < -0.39 is 5.63 Å². The third-order valence-electron chi connectivity index (χ3n) is 5.76. The lowest BCUT2D eigenvalue weighted by molar-refractivity contribution is 0.0956. The van der Waals surface area contributed by atoms with Gasteiger partial charge in [0.25, 0.3) is 11.9 Å². The summed E-state index contributed by atoms with van der Waals surface area (Å²) in [5.41, 5.74) is 1.50. The normalized spacial score (nSPS) is 11.1. The Balaban J connectivity index is 1.50. The van der Waals surface area contributed by atoms with E-state index in [1.165, 1.54) is 42.6 Å². The first-order valence-corrected chi connectivity index (χ1v) is 12.9. The molecule has 0 aliphatic carbocycles. The van der Waals surface area contributed by atoms with Crippen LogP contribution in [0, 0.1) is 6.92 Å². The van der Waals surface area contributed by atoms with Crippen LogP contribution in [-0.4, -0.2) is 24.0 Å². The average Bonchev–Trinajstić information content (AvgIpc) is 3.15. The van der Waals surface area contributed by atoms with Crippen molar-refractivity contribution in [2.75, 3.05) is 18.4 Å². The molecule has 0 atom stereocenters. The monoisotopic (exact) mass is 469 g/mol. The van der Waals surface area contributed by atoms with E-state index in [0.717, 1.165) is 32.1 Å². The average molecular weight is 470 g/mol. The summed E-state index contributed by atoms with van der Waals surface area (Å²) in [5.74, 6) is -0.156. The molecule has 33 heavy (non-hydrogen) atoms. The first-order chi connectivity index (χ1) is 16.1. The number of unbranched alkanes of at least 4 members (excludes halogenated alkanes) is 6. The Kier molecular flexibility index (Phi) is 9.94. The quantitative estimate of drug-likeness (QED) is 0.279. The SMILES string of the molecule is CCCCCCCCNc1nc2sc(C(=O)NCCCCc3ccccc3)c(C)c2c(=O)o1. The van der Waals surface area contributed by atoms with Crippen molar-refractivity contribution in [2.24, 2.45) is 0 Å². The zero-order chi connectivity index (χ0) is 23.5. The van der Waals surface area contributed by atoms with Crippen molar-refractivity contribution in [1.82, 2.24) is 10.3 Å². The molecule has 0 aliphatic heterocycles. The van der Waals surface area contributed by atoms with Gasteiger partial charge in [0.05, 0.1) is 4.88 Å². The van der Waals surface area contributed by atoms with Crippen molar-refractivity contribution in [3.63, 3.8) is 0 Å². The maximum Gasteiger partial charge on any atom is 0.349 e. The van der Waals surface area contributed by atoms with Gasteiger partial charge in [-0.1, -0.05) is 69.4 Å². The van der Waals surface area contributed by atoms with Crippen molar-refractivity contribution in [3.05, 3.63) is 56.8 Å². The minimum Gasteiger partial charge on any atom is -0.389 e. The molecule has 0 fully saturated rings. The number of amides is 1. The number of carbonyl (C=O) groups excluding carboxylic acids is 1. The van der Waals surface area contributed by atoms with Gasteiger partial charge in [0.1, 0.15) is 10.2 Å². The Morgan fingerprint density at radius 1 is 1.00 bits per heavy atom.